The smallest absolute Gasteiger partial charge is 0.0491 e. The van der Waals surface area contributed by atoms with Crippen LogP contribution < -0.4 is 0 Å². The summed E-state index contributed by atoms with van der Waals surface area (Å²) in [6, 6.07) is 13.3. The summed E-state index contributed by atoms with van der Waals surface area (Å²) in [7, 11) is 2.14. The van der Waals surface area contributed by atoms with Crippen LogP contribution in [-0.2, 0) is 7.05 Å². The Bertz CT molecular complexity index is 630. The van der Waals surface area contributed by atoms with Crippen molar-refractivity contribution in [3.8, 4) is 0 Å². The van der Waals surface area contributed by atoms with Crippen LogP contribution in [0.15, 0.2) is 36.4 Å². The van der Waals surface area contributed by atoms with Gasteiger partial charge in [-0.25, -0.2) is 0 Å². The molecule has 0 aliphatic rings. The Morgan fingerprint density at radius 2 is 1.00 bits per heavy atom. The first kappa shape index (κ1) is 16.3. The van der Waals surface area contributed by atoms with Gasteiger partial charge < -0.3 is 4.57 Å². The van der Waals surface area contributed by atoms with E-state index in [2.05, 4.69) is 61.9 Å². The van der Waals surface area contributed by atoms with E-state index in [-0.39, 0.29) is 0 Å². The normalized spacial score (nSPS) is 9.75. The average molecular weight is 269 g/mol. The van der Waals surface area contributed by atoms with Crippen LogP contribution in [0.4, 0.5) is 0 Å². The van der Waals surface area contributed by atoms with E-state index in [4.69, 9.17) is 0 Å². The van der Waals surface area contributed by atoms with Crippen molar-refractivity contribution in [3.63, 3.8) is 0 Å². The maximum absolute atomic E-state index is 2.28. The van der Waals surface area contributed by atoms with Crippen LogP contribution in [-0.4, -0.2) is 4.57 Å². The van der Waals surface area contributed by atoms with E-state index >= 15 is 0 Å². The standard InChI is InChI=1S/C15H15N.2C2H6/c1-10-4-6-12-13-7-5-11(2)9-15(13)16(3)14(12)8-10;2*1-2/h4-9H,1-3H3;2*1-2H3. The van der Waals surface area contributed by atoms with E-state index in [1.807, 2.05) is 27.7 Å². The van der Waals surface area contributed by atoms with E-state index in [9.17, 15) is 0 Å². The number of aromatic nitrogens is 1. The lowest BCUT2D eigenvalue weighted by Crippen LogP contribution is -1.87. The molecule has 3 rings (SSSR count). The molecular weight excluding hydrogens is 242 g/mol. The van der Waals surface area contributed by atoms with Gasteiger partial charge in [-0.05, 0) is 37.1 Å². The molecule has 0 aliphatic heterocycles. The molecule has 0 saturated heterocycles. The molecule has 3 aromatic rings. The van der Waals surface area contributed by atoms with Crippen molar-refractivity contribution in [2.75, 3.05) is 0 Å². The average Bonchev–Trinajstić information content (AvgIpc) is 2.76. The molecule has 0 fully saturated rings. The predicted molar refractivity (Wildman–Crippen MR) is 92.6 cm³/mol. The van der Waals surface area contributed by atoms with Crippen LogP contribution in [0.2, 0.25) is 0 Å². The van der Waals surface area contributed by atoms with E-state index in [1.54, 1.807) is 0 Å². The summed E-state index contributed by atoms with van der Waals surface area (Å²) < 4.78 is 2.28. The predicted octanol–water partition coefficient (Wildman–Crippen LogP) is 6.00. The molecule has 108 valence electrons. The molecule has 2 aromatic carbocycles. The van der Waals surface area contributed by atoms with Gasteiger partial charge in [0.2, 0.25) is 0 Å². The Balaban J connectivity index is 0.000000461. The Kier molecular flexibility index (Phi) is 5.82. The molecule has 0 amide bonds. The zero-order chi connectivity index (χ0) is 15.3. The van der Waals surface area contributed by atoms with Crippen molar-refractivity contribution in [2.24, 2.45) is 7.05 Å². The molecule has 0 atom stereocenters. The van der Waals surface area contributed by atoms with E-state index in [0.29, 0.717) is 0 Å². The zero-order valence-corrected chi connectivity index (χ0v) is 13.9. The highest BCUT2D eigenvalue weighted by atomic mass is 14.9. The van der Waals surface area contributed by atoms with Crippen molar-refractivity contribution in [1.29, 1.82) is 0 Å². The SMILES string of the molecule is CC.CC.Cc1ccc2c3ccc(C)cc3n(C)c2c1. The number of hydrogen-bond acceptors (Lipinski definition) is 0. The number of hydrogen-bond donors (Lipinski definition) is 0. The Hall–Kier alpha value is -1.76. The topological polar surface area (TPSA) is 4.93 Å². The fourth-order valence-corrected chi connectivity index (χ4v) is 2.42. The van der Waals surface area contributed by atoms with E-state index in [1.165, 1.54) is 32.9 Å². The Labute approximate surface area is 123 Å². The summed E-state index contributed by atoms with van der Waals surface area (Å²) >= 11 is 0. The molecule has 0 N–H and O–H groups in total. The summed E-state index contributed by atoms with van der Waals surface area (Å²) in [4.78, 5) is 0. The number of nitrogens with zero attached hydrogens (tertiary/aromatic N) is 1. The summed E-state index contributed by atoms with van der Waals surface area (Å²) in [5.74, 6) is 0. The molecule has 0 radical (unpaired) electrons. The van der Waals surface area contributed by atoms with Crippen LogP contribution in [0.25, 0.3) is 21.8 Å². The van der Waals surface area contributed by atoms with Crippen LogP contribution in [0.1, 0.15) is 38.8 Å². The lowest BCUT2D eigenvalue weighted by molar-refractivity contribution is 1.01. The second kappa shape index (κ2) is 7.14. The van der Waals surface area contributed by atoms with Gasteiger partial charge in [0.25, 0.3) is 0 Å². The first-order chi connectivity index (χ1) is 9.66. The van der Waals surface area contributed by atoms with Crippen molar-refractivity contribution in [1.82, 2.24) is 4.57 Å². The van der Waals surface area contributed by atoms with Gasteiger partial charge in [0.15, 0.2) is 0 Å². The maximum atomic E-state index is 2.28. The third-order valence-electron chi connectivity index (χ3n) is 3.32. The lowest BCUT2D eigenvalue weighted by atomic mass is 10.1. The third-order valence-corrected chi connectivity index (χ3v) is 3.32. The van der Waals surface area contributed by atoms with Crippen molar-refractivity contribution < 1.29 is 0 Å². The molecule has 0 aliphatic carbocycles. The minimum atomic E-state index is 1.31. The number of aryl methyl sites for hydroxylation is 3. The molecule has 0 unspecified atom stereocenters. The second-order valence-electron chi connectivity index (χ2n) is 4.60. The monoisotopic (exact) mass is 269 g/mol. The quantitative estimate of drug-likeness (QED) is 0.471. The van der Waals surface area contributed by atoms with E-state index in [0.717, 1.165) is 0 Å². The van der Waals surface area contributed by atoms with Crippen molar-refractivity contribution in [2.45, 2.75) is 41.5 Å². The summed E-state index contributed by atoms with van der Waals surface area (Å²) in [5, 5.41) is 2.70. The minimum absolute atomic E-state index is 1.31. The zero-order valence-electron chi connectivity index (χ0n) is 13.9. The Morgan fingerprint density at radius 1 is 0.650 bits per heavy atom. The molecule has 0 bridgehead atoms. The summed E-state index contributed by atoms with van der Waals surface area (Å²) in [6.45, 7) is 12.3. The van der Waals surface area contributed by atoms with E-state index < -0.39 is 0 Å². The van der Waals surface area contributed by atoms with Crippen LogP contribution in [0.5, 0.6) is 0 Å². The third kappa shape index (κ3) is 2.87. The minimum Gasteiger partial charge on any atom is -0.344 e. The second-order valence-corrected chi connectivity index (χ2v) is 4.60. The van der Waals surface area contributed by atoms with Gasteiger partial charge in [0, 0.05) is 28.9 Å². The molecule has 0 saturated carbocycles. The summed E-state index contributed by atoms with van der Waals surface area (Å²) in [6.07, 6.45) is 0. The van der Waals surface area contributed by atoms with Crippen molar-refractivity contribution >= 4 is 21.8 Å². The van der Waals surface area contributed by atoms with Gasteiger partial charge in [-0.3, -0.25) is 0 Å². The van der Waals surface area contributed by atoms with Gasteiger partial charge in [-0.2, -0.15) is 0 Å². The first-order valence-electron chi connectivity index (χ1n) is 7.62. The van der Waals surface area contributed by atoms with Crippen LogP contribution in [0, 0.1) is 13.8 Å². The van der Waals surface area contributed by atoms with Crippen LogP contribution >= 0.6 is 0 Å². The van der Waals surface area contributed by atoms with Crippen molar-refractivity contribution in [3.05, 3.63) is 47.5 Å². The Morgan fingerprint density at radius 3 is 1.35 bits per heavy atom. The van der Waals surface area contributed by atoms with Gasteiger partial charge >= 0.3 is 0 Å². The van der Waals surface area contributed by atoms with Gasteiger partial charge in [0.05, 0.1) is 0 Å². The largest absolute Gasteiger partial charge is 0.344 e. The maximum Gasteiger partial charge on any atom is 0.0491 e. The highest BCUT2D eigenvalue weighted by Crippen LogP contribution is 2.29. The number of fused-ring (bicyclic) bond motifs is 3. The molecule has 1 heteroatoms. The molecule has 1 nitrogen and oxygen atoms in total. The number of rotatable bonds is 0. The van der Waals surface area contributed by atoms with Crippen LogP contribution in [0.3, 0.4) is 0 Å². The lowest BCUT2D eigenvalue weighted by Gasteiger charge is -1.99. The van der Waals surface area contributed by atoms with Gasteiger partial charge in [0.1, 0.15) is 0 Å². The number of benzene rings is 2. The first-order valence-corrected chi connectivity index (χ1v) is 7.62. The molecule has 0 spiro atoms. The summed E-state index contributed by atoms with van der Waals surface area (Å²) in [5.41, 5.74) is 5.27. The van der Waals surface area contributed by atoms with Gasteiger partial charge in [-0.15, -0.1) is 0 Å². The molecule has 1 aromatic heterocycles. The highest BCUT2D eigenvalue weighted by molar-refractivity contribution is 6.08. The fraction of sp³-hybridized carbons (Fsp3) is 0.368. The fourth-order valence-electron chi connectivity index (χ4n) is 2.42. The van der Waals surface area contributed by atoms with Gasteiger partial charge in [-0.1, -0.05) is 52.0 Å². The molecule has 20 heavy (non-hydrogen) atoms. The molecule has 1 heterocycles. The highest BCUT2D eigenvalue weighted by Gasteiger charge is 2.07. The molecular formula is C19H27N.